The Hall–Kier alpha value is -3.67. The molecule has 9 nitrogen and oxygen atoms in total. The summed E-state index contributed by atoms with van der Waals surface area (Å²) in [5.41, 5.74) is -1.69. The van der Waals surface area contributed by atoms with Crippen molar-refractivity contribution in [1.82, 2.24) is 29.7 Å². The number of likely N-dealkylation sites (N-methyl/N-ethyl adjacent to an activating group) is 1. The molecular formula is C21H20F3N7O2. The fraction of sp³-hybridized carbons (Fsp3) is 0.333. The summed E-state index contributed by atoms with van der Waals surface area (Å²) in [4.78, 5) is 21.7. The maximum atomic E-state index is 13.8. The molecule has 1 aliphatic heterocycles. The molecular weight excluding hydrogens is 439 g/mol. The number of nitrogens with zero attached hydrogens (tertiary/aromatic N) is 6. The summed E-state index contributed by atoms with van der Waals surface area (Å²) >= 11 is 0. The molecule has 5 rings (SSSR count). The van der Waals surface area contributed by atoms with Gasteiger partial charge in [0.1, 0.15) is 11.3 Å². The number of rotatable bonds is 3. The normalized spacial score (nSPS) is 15.5. The minimum Gasteiger partial charge on any atom is -0.403 e. The molecule has 0 bridgehead atoms. The number of piperazine rings is 1. The van der Waals surface area contributed by atoms with Crippen LogP contribution in [0.4, 0.5) is 19.2 Å². The minimum atomic E-state index is -4.72. The van der Waals surface area contributed by atoms with Gasteiger partial charge in [0.25, 0.3) is 11.4 Å². The second-order valence-corrected chi connectivity index (χ2v) is 7.94. The average Bonchev–Trinajstić information content (AvgIpc) is 3.40. The Kier molecular flexibility index (Phi) is 4.96. The molecule has 0 spiro atoms. The highest BCUT2D eigenvalue weighted by Gasteiger charge is 2.38. The maximum absolute atomic E-state index is 13.8. The molecule has 1 N–H and O–H groups in total. The number of alkyl halides is 3. The summed E-state index contributed by atoms with van der Waals surface area (Å²) < 4.78 is 48.0. The second kappa shape index (κ2) is 7.73. The van der Waals surface area contributed by atoms with E-state index in [0.717, 1.165) is 17.6 Å². The summed E-state index contributed by atoms with van der Waals surface area (Å²) in [7, 11) is 2.01. The van der Waals surface area contributed by atoms with E-state index in [2.05, 4.69) is 25.2 Å². The van der Waals surface area contributed by atoms with Gasteiger partial charge in [-0.15, -0.1) is 5.10 Å². The molecule has 0 unspecified atom stereocenters. The van der Waals surface area contributed by atoms with E-state index in [1.165, 1.54) is 19.1 Å². The van der Waals surface area contributed by atoms with Gasteiger partial charge in [0, 0.05) is 26.2 Å². The number of benzene rings is 1. The van der Waals surface area contributed by atoms with E-state index >= 15 is 0 Å². The van der Waals surface area contributed by atoms with E-state index in [-0.39, 0.29) is 39.9 Å². The summed E-state index contributed by atoms with van der Waals surface area (Å²) in [6.45, 7) is 4.53. The lowest BCUT2D eigenvalue weighted by Gasteiger charge is -2.30. The van der Waals surface area contributed by atoms with Gasteiger partial charge in [0.2, 0.25) is 0 Å². The largest absolute Gasteiger partial charge is 0.433 e. The molecule has 4 aromatic rings. The predicted molar refractivity (Wildman–Crippen MR) is 114 cm³/mol. The molecule has 4 heterocycles. The lowest BCUT2D eigenvalue weighted by molar-refractivity contribution is -0.140. The minimum absolute atomic E-state index is 0.0463. The van der Waals surface area contributed by atoms with Gasteiger partial charge in [-0.1, -0.05) is 35.4 Å². The van der Waals surface area contributed by atoms with Crippen LogP contribution in [0.2, 0.25) is 0 Å². The zero-order valence-corrected chi connectivity index (χ0v) is 17.8. The zero-order valence-electron chi connectivity index (χ0n) is 17.8. The third-order valence-electron chi connectivity index (χ3n) is 5.71. The molecule has 3 aromatic heterocycles. The number of halogens is 3. The van der Waals surface area contributed by atoms with Gasteiger partial charge < -0.3 is 14.2 Å². The first kappa shape index (κ1) is 21.2. The molecule has 1 aliphatic rings. The summed E-state index contributed by atoms with van der Waals surface area (Å²) in [5, 5.41) is 10.2. The van der Waals surface area contributed by atoms with Crippen molar-refractivity contribution in [1.29, 1.82) is 0 Å². The van der Waals surface area contributed by atoms with Crippen molar-refractivity contribution in [2.45, 2.75) is 13.1 Å². The van der Waals surface area contributed by atoms with Gasteiger partial charge >= 0.3 is 12.2 Å². The van der Waals surface area contributed by atoms with Crippen molar-refractivity contribution in [2.24, 2.45) is 0 Å². The molecule has 0 radical (unpaired) electrons. The molecule has 1 fully saturated rings. The number of anilines is 1. The Balaban J connectivity index is 1.65. The van der Waals surface area contributed by atoms with Gasteiger partial charge in [-0.2, -0.15) is 17.7 Å². The van der Waals surface area contributed by atoms with Crippen molar-refractivity contribution in [2.75, 3.05) is 38.1 Å². The van der Waals surface area contributed by atoms with Gasteiger partial charge in [0.15, 0.2) is 5.65 Å². The van der Waals surface area contributed by atoms with Crippen molar-refractivity contribution < 1.29 is 17.6 Å². The van der Waals surface area contributed by atoms with E-state index in [4.69, 9.17) is 4.42 Å². The first-order chi connectivity index (χ1) is 15.7. The lowest BCUT2D eigenvalue weighted by atomic mass is 10.1. The van der Waals surface area contributed by atoms with E-state index in [0.29, 0.717) is 13.1 Å². The van der Waals surface area contributed by atoms with Gasteiger partial charge in [-0.3, -0.25) is 9.89 Å². The number of aromatic amines is 1. The predicted octanol–water partition coefficient (Wildman–Crippen LogP) is 2.82. The Morgan fingerprint density at radius 1 is 1.03 bits per heavy atom. The number of H-pyrrole nitrogens is 1. The van der Waals surface area contributed by atoms with Crippen LogP contribution in [0.25, 0.3) is 28.2 Å². The van der Waals surface area contributed by atoms with Gasteiger partial charge in [-0.25, -0.2) is 4.98 Å². The van der Waals surface area contributed by atoms with Crippen molar-refractivity contribution >= 4 is 11.7 Å². The monoisotopic (exact) mass is 459 g/mol. The fourth-order valence-corrected chi connectivity index (χ4v) is 3.95. The first-order valence-corrected chi connectivity index (χ1v) is 10.3. The molecule has 0 amide bonds. The first-order valence-electron chi connectivity index (χ1n) is 10.3. The number of aryl methyl sites for hydroxylation is 1. The Morgan fingerprint density at radius 2 is 1.73 bits per heavy atom. The van der Waals surface area contributed by atoms with Crippen molar-refractivity contribution in [3.63, 3.8) is 0 Å². The van der Waals surface area contributed by atoms with Crippen LogP contribution in [0, 0.1) is 6.92 Å². The van der Waals surface area contributed by atoms with Crippen LogP contribution in [-0.2, 0) is 6.18 Å². The zero-order chi connectivity index (χ0) is 23.3. The van der Waals surface area contributed by atoms with Gasteiger partial charge in [-0.05, 0) is 19.5 Å². The molecule has 1 saturated heterocycles. The van der Waals surface area contributed by atoms with E-state index < -0.39 is 17.4 Å². The van der Waals surface area contributed by atoms with Crippen LogP contribution in [0.3, 0.4) is 0 Å². The highest BCUT2D eigenvalue weighted by molar-refractivity contribution is 5.81. The Bertz CT molecular complexity index is 1370. The maximum Gasteiger partial charge on any atom is 0.433 e. The summed E-state index contributed by atoms with van der Waals surface area (Å²) in [6.07, 6.45) is -4.72. The van der Waals surface area contributed by atoms with E-state index in [9.17, 15) is 18.0 Å². The standard InChI is InChI=1S/C21H20F3N7O2/c1-12-14(18-26-27-20(33-18)30-10-8-29(2)9-11-30)19(32)31-17(25-12)15(13-6-4-3-5-7-13)16(28-31)21(22,23)24/h3-7,28H,8-11H2,1-2H3. The molecule has 172 valence electrons. The van der Waals surface area contributed by atoms with Crippen LogP contribution in [-0.4, -0.2) is 62.9 Å². The fourth-order valence-electron chi connectivity index (χ4n) is 3.95. The number of hydrogen-bond acceptors (Lipinski definition) is 7. The van der Waals surface area contributed by atoms with E-state index in [1.54, 1.807) is 18.2 Å². The molecule has 0 atom stereocenters. The molecule has 33 heavy (non-hydrogen) atoms. The van der Waals surface area contributed by atoms with Crippen LogP contribution < -0.4 is 10.5 Å². The number of aromatic nitrogens is 5. The molecule has 1 aromatic carbocycles. The van der Waals surface area contributed by atoms with Crippen molar-refractivity contribution in [3.8, 4) is 22.6 Å². The van der Waals surface area contributed by atoms with Gasteiger partial charge in [0.05, 0.1) is 11.3 Å². The van der Waals surface area contributed by atoms with Crippen LogP contribution in [0.1, 0.15) is 11.4 Å². The second-order valence-electron chi connectivity index (χ2n) is 7.94. The highest BCUT2D eigenvalue weighted by atomic mass is 19.4. The third-order valence-corrected chi connectivity index (χ3v) is 5.71. The van der Waals surface area contributed by atoms with Crippen LogP contribution in [0.15, 0.2) is 39.5 Å². The van der Waals surface area contributed by atoms with Crippen LogP contribution in [0.5, 0.6) is 0 Å². The third kappa shape index (κ3) is 3.65. The topological polar surface area (TPSA) is 95.6 Å². The van der Waals surface area contributed by atoms with Crippen LogP contribution >= 0.6 is 0 Å². The van der Waals surface area contributed by atoms with E-state index in [1.807, 2.05) is 11.9 Å². The summed E-state index contributed by atoms with van der Waals surface area (Å²) in [6, 6.07) is 8.27. The number of nitrogens with one attached hydrogen (secondary N) is 1. The summed E-state index contributed by atoms with van der Waals surface area (Å²) in [5.74, 6) is -0.0854. The lowest BCUT2D eigenvalue weighted by Crippen LogP contribution is -2.44. The highest BCUT2D eigenvalue weighted by Crippen LogP contribution is 2.38. The average molecular weight is 459 g/mol. The smallest absolute Gasteiger partial charge is 0.403 e. The molecule has 12 heteroatoms. The quantitative estimate of drug-likeness (QED) is 0.503. The Labute approximate surface area is 185 Å². The number of hydrogen-bond donors (Lipinski definition) is 1. The molecule has 0 saturated carbocycles. The SMILES string of the molecule is Cc1nc2c(-c3ccccc3)c(C(F)(F)F)[nH]n2c(=O)c1-c1nnc(N2CCN(C)CC2)o1. The number of fused-ring (bicyclic) bond motifs is 1. The Morgan fingerprint density at radius 3 is 2.39 bits per heavy atom. The van der Waals surface area contributed by atoms with Crippen molar-refractivity contribution in [3.05, 3.63) is 52.1 Å². The molecule has 0 aliphatic carbocycles.